The first-order valence-corrected chi connectivity index (χ1v) is 11.7. The highest BCUT2D eigenvalue weighted by Gasteiger charge is 2.66. The first kappa shape index (κ1) is 23.4. The van der Waals surface area contributed by atoms with Crippen LogP contribution in [0.3, 0.4) is 0 Å². The molecular weight excluding hydrogens is 459 g/mol. The van der Waals surface area contributed by atoms with Crippen molar-refractivity contribution in [3.63, 3.8) is 0 Å². The van der Waals surface area contributed by atoms with Crippen LogP contribution in [0.1, 0.15) is 56.7 Å². The lowest BCUT2D eigenvalue weighted by atomic mass is 9.75. The van der Waals surface area contributed by atoms with Gasteiger partial charge in [-0.05, 0) is 48.6 Å². The van der Waals surface area contributed by atoms with E-state index in [1.807, 2.05) is 0 Å². The van der Waals surface area contributed by atoms with Gasteiger partial charge in [-0.25, -0.2) is 0 Å². The number of alkyl halides is 3. The van der Waals surface area contributed by atoms with Crippen LogP contribution in [-0.2, 0) is 12.0 Å². The second kappa shape index (κ2) is 7.85. The molecule has 0 aliphatic heterocycles. The lowest BCUT2D eigenvalue weighted by Crippen LogP contribution is -2.50. The monoisotopic (exact) mass is 485 g/mol. The van der Waals surface area contributed by atoms with Gasteiger partial charge in [0.25, 0.3) is 5.56 Å². The summed E-state index contributed by atoms with van der Waals surface area (Å²) in [5.74, 6) is 0.0497. The number of H-pyrrole nitrogens is 1. The Kier molecular flexibility index (Phi) is 5.25. The Morgan fingerprint density at radius 2 is 2.00 bits per heavy atom. The molecule has 2 heterocycles. The third-order valence-corrected chi connectivity index (χ3v) is 7.62. The molecule has 1 saturated carbocycles. The van der Waals surface area contributed by atoms with Gasteiger partial charge in [-0.1, -0.05) is 32.8 Å². The SMILES string of the molecule is CC1(C)Cc2cc(Nc3nn(C4CCCCC4C#N)c4cc[nH]c(=O)c34)ccc2C1(O)C(F)(F)F. The molecule has 0 bridgehead atoms. The van der Waals surface area contributed by atoms with Crippen LogP contribution < -0.4 is 10.9 Å². The maximum Gasteiger partial charge on any atom is 0.421 e. The minimum atomic E-state index is -4.82. The zero-order valence-corrected chi connectivity index (χ0v) is 19.4. The van der Waals surface area contributed by atoms with Crippen LogP contribution in [0.4, 0.5) is 24.7 Å². The van der Waals surface area contributed by atoms with Gasteiger partial charge >= 0.3 is 6.18 Å². The maximum atomic E-state index is 13.9. The van der Waals surface area contributed by atoms with Crippen molar-refractivity contribution in [2.45, 2.75) is 63.8 Å². The third-order valence-electron chi connectivity index (χ3n) is 7.62. The predicted molar refractivity (Wildman–Crippen MR) is 124 cm³/mol. The van der Waals surface area contributed by atoms with Crippen molar-refractivity contribution >= 4 is 22.4 Å². The Labute approximate surface area is 199 Å². The van der Waals surface area contributed by atoms with Gasteiger partial charge in [-0.15, -0.1) is 0 Å². The number of hydrogen-bond donors (Lipinski definition) is 3. The fourth-order valence-electron chi connectivity index (χ4n) is 5.81. The standard InChI is InChI=1S/C25H26F3N5O2/c1-23(2)12-15-11-16(7-8-17(15)24(23,35)25(26,27)28)31-21-20-19(9-10-30-22(20)34)33(32-21)18-6-4-3-5-14(18)13-29/h7-11,14,18,35H,3-6,12H2,1-2H3,(H,30,34)(H,31,32). The van der Waals surface area contributed by atoms with E-state index in [1.54, 1.807) is 16.8 Å². The van der Waals surface area contributed by atoms with E-state index in [2.05, 4.69) is 21.5 Å². The van der Waals surface area contributed by atoms with Crippen molar-refractivity contribution in [2.24, 2.45) is 11.3 Å². The minimum Gasteiger partial charge on any atom is -0.376 e. The second-order valence-corrected chi connectivity index (χ2v) is 10.2. The summed E-state index contributed by atoms with van der Waals surface area (Å²) in [5.41, 5.74) is -3.47. The smallest absolute Gasteiger partial charge is 0.376 e. The highest BCUT2D eigenvalue weighted by Crippen LogP contribution is 2.58. The second-order valence-electron chi connectivity index (χ2n) is 10.2. The number of benzene rings is 1. The van der Waals surface area contributed by atoms with Crippen molar-refractivity contribution in [3.8, 4) is 6.07 Å². The molecule has 2 aromatic heterocycles. The number of aromatic amines is 1. The van der Waals surface area contributed by atoms with E-state index in [-0.39, 0.29) is 35.3 Å². The molecule has 3 aromatic rings. The summed E-state index contributed by atoms with van der Waals surface area (Å²) in [7, 11) is 0. The summed E-state index contributed by atoms with van der Waals surface area (Å²) in [6.45, 7) is 2.80. The summed E-state index contributed by atoms with van der Waals surface area (Å²) in [6.07, 6.45) is 0.203. The molecule has 0 saturated heterocycles. The number of hydrogen-bond acceptors (Lipinski definition) is 5. The van der Waals surface area contributed by atoms with Crippen molar-refractivity contribution in [2.75, 3.05) is 5.32 Å². The lowest BCUT2D eigenvalue weighted by Gasteiger charge is -2.38. The summed E-state index contributed by atoms with van der Waals surface area (Å²) in [5, 5.41) is 28.5. The number of halogens is 3. The normalized spacial score (nSPS) is 25.9. The number of fused-ring (bicyclic) bond motifs is 2. The molecule has 3 N–H and O–H groups in total. The topological polar surface area (TPSA) is 107 Å². The maximum absolute atomic E-state index is 13.9. The van der Waals surface area contributed by atoms with E-state index >= 15 is 0 Å². The number of aliphatic hydroxyl groups is 1. The van der Waals surface area contributed by atoms with Crippen molar-refractivity contribution in [1.82, 2.24) is 14.8 Å². The molecule has 1 fully saturated rings. The number of aromatic nitrogens is 3. The Hall–Kier alpha value is -3.32. The van der Waals surface area contributed by atoms with Crippen LogP contribution in [0.25, 0.3) is 10.9 Å². The van der Waals surface area contributed by atoms with Crippen LogP contribution >= 0.6 is 0 Å². The zero-order chi connectivity index (χ0) is 25.2. The summed E-state index contributed by atoms with van der Waals surface area (Å²) < 4.78 is 43.4. The molecule has 35 heavy (non-hydrogen) atoms. The molecule has 3 unspecified atom stereocenters. The summed E-state index contributed by atoms with van der Waals surface area (Å²) in [4.78, 5) is 15.4. The average Bonchev–Trinajstić information content (AvgIpc) is 3.26. The van der Waals surface area contributed by atoms with Gasteiger partial charge in [0, 0.05) is 17.3 Å². The van der Waals surface area contributed by atoms with Crippen LogP contribution in [0, 0.1) is 22.7 Å². The van der Waals surface area contributed by atoms with Crippen LogP contribution in [-0.4, -0.2) is 26.0 Å². The number of nitrogens with zero attached hydrogens (tertiary/aromatic N) is 3. The molecule has 0 spiro atoms. The Morgan fingerprint density at radius 1 is 1.26 bits per heavy atom. The van der Waals surface area contributed by atoms with E-state index in [9.17, 15) is 28.3 Å². The number of anilines is 2. The van der Waals surface area contributed by atoms with E-state index in [4.69, 9.17) is 0 Å². The van der Waals surface area contributed by atoms with E-state index < -0.39 is 17.2 Å². The molecule has 1 aromatic carbocycles. The van der Waals surface area contributed by atoms with E-state index in [0.717, 1.165) is 25.7 Å². The van der Waals surface area contributed by atoms with Crippen LogP contribution in [0.5, 0.6) is 0 Å². The molecule has 0 amide bonds. The fourth-order valence-corrected chi connectivity index (χ4v) is 5.81. The van der Waals surface area contributed by atoms with Gasteiger partial charge in [0.15, 0.2) is 11.4 Å². The van der Waals surface area contributed by atoms with Crippen molar-refractivity contribution < 1.29 is 18.3 Å². The molecule has 184 valence electrons. The van der Waals surface area contributed by atoms with Gasteiger partial charge in [-0.3, -0.25) is 9.48 Å². The molecule has 3 atom stereocenters. The molecule has 2 aliphatic rings. The molecule has 7 nitrogen and oxygen atoms in total. The average molecular weight is 486 g/mol. The Morgan fingerprint density at radius 3 is 2.71 bits per heavy atom. The minimum absolute atomic E-state index is 0.0373. The van der Waals surface area contributed by atoms with Gasteiger partial charge in [0.1, 0.15) is 5.39 Å². The third kappa shape index (κ3) is 3.44. The molecule has 10 heteroatoms. The van der Waals surface area contributed by atoms with Gasteiger partial charge in [-0.2, -0.15) is 23.5 Å². The quantitative estimate of drug-likeness (QED) is 0.481. The Bertz CT molecular complexity index is 1400. The zero-order valence-electron chi connectivity index (χ0n) is 19.4. The Balaban J connectivity index is 1.57. The lowest BCUT2D eigenvalue weighted by molar-refractivity contribution is -0.299. The first-order valence-electron chi connectivity index (χ1n) is 11.7. The van der Waals surface area contributed by atoms with E-state index in [0.29, 0.717) is 22.2 Å². The summed E-state index contributed by atoms with van der Waals surface area (Å²) >= 11 is 0. The van der Waals surface area contributed by atoms with Gasteiger partial charge in [0.05, 0.1) is 23.5 Å². The molecule has 0 radical (unpaired) electrons. The van der Waals surface area contributed by atoms with Gasteiger partial charge in [0.2, 0.25) is 0 Å². The number of rotatable bonds is 3. The van der Waals surface area contributed by atoms with Crippen LogP contribution in [0.15, 0.2) is 35.3 Å². The molecular formula is C25H26F3N5O2. The van der Waals surface area contributed by atoms with E-state index in [1.165, 1.54) is 32.2 Å². The van der Waals surface area contributed by atoms with Crippen LogP contribution in [0.2, 0.25) is 0 Å². The number of nitrogens with one attached hydrogen (secondary N) is 2. The largest absolute Gasteiger partial charge is 0.421 e. The number of pyridine rings is 1. The van der Waals surface area contributed by atoms with Crippen molar-refractivity contribution in [1.29, 1.82) is 5.26 Å². The molecule has 2 aliphatic carbocycles. The highest BCUT2D eigenvalue weighted by molar-refractivity contribution is 5.91. The fraction of sp³-hybridized carbons (Fsp3) is 0.480. The molecule has 5 rings (SSSR count). The van der Waals surface area contributed by atoms with Gasteiger partial charge < -0.3 is 15.4 Å². The van der Waals surface area contributed by atoms with Crippen molar-refractivity contribution in [3.05, 3.63) is 51.9 Å². The first-order chi connectivity index (χ1) is 16.5. The summed E-state index contributed by atoms with van der Waals surface area (Å²) in [6, 6.07) is 8.25. The number of nitriles is 1. The predicted octanol–water partition coefficient (Wildman–Crippen LogP) is 5.06. The highest BCUT2D eigenvalue weighted by atomic mass is 19.4.